The Kier molecular flexibility index (Phi) is 5.22. The van der Waals surface area contributed by atoms with Gasteiger partial charge >= 0.3 is 0 Å². The van der Waals surface area contributed by atoms with Gasteiger partial charge < -0.3 is 14.7 Å². The quantitative estimate of drug-likeness (QED) is 0.511. The predicted molar refractivity (Wildman–Crippen MR) is 53.3 cm³/mol. The van der Waals surface area contributed by atoms with Crippen molar-refractivity contribution >= 4 is 17.5 Å². The second-order valence-electron chi connectivity index (χ2n) is 3.40. The largest absolute Gasteiger partial charge is 0.394 e. The fourth-order valence-electron chi connectivity index (χ4n) is 1.51. The van der Waals surface area contributed by atoms with Crippen molar-refractivity contribution < 1.29 is 14.6 Å². The lowest BCUT2D eigenvalue weighted by molar-refractivity contribution is -0.128. The highest BCUT2D eigenvalue weighted by atomic mass is 35.5. The number of nitrogens with zero attached hydrogens (tertiary/aromatic N) is 1. The monoisotopic (exact) mass is 221 g/mol. The van der Waals surface area contributed by atoms with Crippen molar-refractivity contribution in [2.24, 2.45) is 5.92 Å². The van der Waals surface area contributed by atoms with Crippen LogP contribution in [0.25, 0.3) is 0 Å². The summed E-state index contributed by atoms with van der Waals surface area (Å²) < 4.78 is 5.09. The number of carbonyl (C=O) groups is 1. The minimum atomic E-state index is 0.0260. The first-order valence-electron chi connectivity index (χ1n) is 4.80. The normalized spacial score (nSPS) is 22.0. The maximum absolute atomic E-state index is 11.4. The van der Waals surface area contributed by atoms with Crippen LogP contribution in [0.5, 0.6) is 0 Å². The zero-order valence-corrected chi connectivity index (χ0v) is 8.87. The van der Waals surface area contributed by atoms with E-state index in [1.807, 2.05) is 0 Å². The molecule has 0 aromatic carbocycles. The Morgan fingerprint density at radius 1 is 1.57 bits per heavy atom. The number of likely N-dealkylation sites (tertiary alicyclic amines) is 1. The summed E-state index contributed by atoms with van der Waals surface area (Å²) in [6.45, 7) is 2.19. The topological polar surface area (TPSA) is 49.8 Å². The molecule has 1 N–H and O–H groups in total. The molecule has 1 unspecified atom stereocenters. The van der Waals surface area contributed by atoms with Crippen LogP contribution in [-0.2, 0) is 9.53 Å². The van der Waals surface area contributed by atoms with E-state index in [1.54, 1.807) is 4.90 Å². The first kappa shape index (κ1) is 11.8. The zero-order valence-electron chi connectivity index (χ0n) is 8.12. The van der Waals surface area contributed by atoms with Gasteiger partial charge in [0.25, 0.3) is 0 Å². The number of carbonyl (C=O) groups excluding carboxylic acids is 1. The van der Waals surface area contributed by atoms with E-state index >= 15 is 0 Å². The number of rotatable bonds is 6. The van der Waals surface area contributed by atoms with E-state index in [9.17, 15) is 4.79 Å². The van der Waals surface area contributed by atoms with E-state index in [-0.39, 0.29) is 12.5 Å². The summed E-state index contributed by atoms with van der Waals surface area (Å²) in [6, 6.07) is 0. The molecule has 1 aliphatic rings. The second kappa shape index (κ2) is 6.22. The summed E-state index contributed by atoms with van der Waals surface area (Å²) in [7, 11) is 0. The van der Waals surface area contributed by atoms with Crippen LogP contribution in [-0.4, -0.2) is 54.7 Å². The molecule has 0 aromatic heterocycles. The Bertz CT molecular complexity index is 189. The molecular formula is C9H16ClNO3. The summed E-state index contributed by atoms with van der Waals surface area (Å²) in [5.74, 6) is 0.991. The molecule has 5 heteroatoms. The van der Waals surface area contributed by atoms with Gasteiger partial charge in [-0.25, -0.2) is 0 Å². The van der Waals surface area contributed by atoms with Gasteiger partial charge in [0.05, 0.1) is 19.8 Å². The molecule has 82 valence electrons. The smallest absolute Gasteiger partial charge is 0.223 e. The Labute approximate surface area is 88.8 Å². The summed E-state index contributed by atoms with van der Waals surface area (Å²) in [5.41, 5.74) is 0. The van der Waals surface area contributed by atoms with Gasteiger partial charge in [0.2, 0.25) is 5.91 Å². The number of amides is 1. The van der Waals surface area contributed by atoms with Gasteiger partial charge in [-0.05, 0) is 5.92 Å². The first-order valence-corrected chi connectivity index (χ1v) is 5.33. The van der Waals surface area contributed by atoms with Crippen molar-refractivity contribution in [1.29, 1.82) is 0 Å². The average Bonchev–Trinajstić information content (AvgIpc) is 2.54. The predicted octanol–water partition coefficient (Wildman–Crippen LogP) is 0.0826. The second-order valence-corrected chi connectivity index (χ2v) is 3.71. The third-order valence-electron chi connectivity index (χ3n) is 2.25. The van der Waals surface area contributed by atoms with Gasteiger partial charge in [-0.2, -0.15) is 0 Å². The average molecular weight is 222 g/mol. The molecule has 1 saturated heterocycles. The van der Waals surface area contributed by atoms with Crippen LogP contribution in [0, 0.1) is 5.92 Å². The van der Waals surface area contributed by atoms with Gasteiger partial charge in [0, 0.05) is 25.4 Å². The van der Waals surface area contributed by atoms with Gasteiger partial charge in [0.15, 0.2) is 0 Å². The lowest BCUT2D eigenvalue weighted by atomic mass is 10.2. The van der Waals surface area contributed by atoms with Crippen molar-refractivity contribution in [3.05, 3.63) is 0 Å². The standard InChI is InChI=1S/C9H16ClNO3/c10-6-8-5-9(13)11(7-8)1-3-14-4-2-12/h8,12H,1-7H2. The van der Waals surface area contributed by atoms with Gasteiger partial charge in [0.1, 0.15) is 0 Å². The number of hydrogen-bond donors (Lipinski definition) is 1. The van der Waals surface area contributed by atoms with Crippen molar-refractivity contribution in [3.8, 4) is 0 Å². The molecule has 1 atom stereocenters. The van der Waals surface area contributed by atoms with Crippen molar-refractivity contribution in [3.63, 3.8) is 0 Å². The Balaban J connectivity index is 2.15. The minimum Gasteiger partial charge on any atom is -0.394 e. The van der Waals surface area contributed by atoms with Crippen LogP contribution in [0.1, 0.15) is 6.42 Å². The number of hydrogen-bond acceptors (Lipinski definition) is 3. The molecule has 0 saturated carbocycles. The molecule has 1 rings (SSSR count). The number of aliphatic hydroxyl groups is 1. The fourth-order valence-corrected chi connectivity index (χ4v) is 1.72. The maximum Gasteiger partial charge on any atom is 0.223 e. The van der Waals surface area contributed by atoms with Gasteiger partial charge in [-0.3, -0.25) is 4.79 Å². The van der Waals surface area contributed by atoms with Crippen LogP contribution in [0.4, 0.5) is 0 Å². The Morgan fingerprint density at radius 3 is 2.93 bits per heavy atom. The highest BCUT2D eigenvalue weighted by molar-refractivity contribution is 6.18. The number of aliphatic hydroxyl groups excluding tert-OH is 1. The summed E-state index contributed by atoms with van der Waals surface area (Å²) in [5, 5.41) is 8.47. The number of alkyl halides is 1. The lowest BCUT2D eigenvalue weighted by Gasteiger charge is -2.15. The van der Waals surface area contributed by atoms with Crippen LogP contribution < -0.4 is 0 Å². The molecule has 0 spiro atoms. The minimum absolute atomic E-state index is 0.0260. The van der Waals surface area contributed by atoms with Crippen molar-refractivity contribution in [2.75, 3.05) is 38.8 Å². The highest BCUT2D eigenvalue weighted by Crippen LogP contribution is 2.18. The lowest BCUT2D eigenvalue weighted by Crippen LogP contribution is -2.29. The first-order chi connectivity index (χ1) is 6.77. The van der Waals surface area contributed by atoms with Crippen molar-refractivity contribution in [2.45, 2.75) is 6.42 Å². The van der Waals surface area contributed by atoms with E-state index in [1.165, 1.54) is 0 Å². The molecule has 4 nitrogen and oxygen atoms in total. The summed E-state index contributed by atoms with van der Waals surface area (Å²) >= 11 is 5.68. The van der Waals surface area contributed by atoms with Crippen LogP contribution in [0.3, 0.4) is 0 Å². The third-order valence-corrected chi connectivity index (χ3v) is 2.69. The van der Waals surface area contributed by atoms with Crippen molar-refractivity contribution in [1.82, 2.24) is 4.90 Å². The summed E-state index contributed by atoms with van der Waals surface area (Å²) in [6.07, 6.45) is 0.559. The van der Waals surface area contributed by atoms with E-state index in [2.05, 4.69) is 0 Å². The highest BCUT2D eigenvalue weighted by Gasteiger charge is 2.28. The third kappa shape index (κ3) is 3.44. The zero-order chi connectivity index (χ0) is 10.4. The molecular weight excluding hydrogens is 206 g/mol. The molecule has 0 radical (unpaired) electrons. The van der Waals surface area contributed by atoms with E-state index < -0.39 is 0 Å². The van der Waals surface area contributed by atoms with Gasteiger partial charge in [-0.15, -0.1) is 11.6 Å². The number of ether oxygens (including phenoxy) is 1. The molecule has 14 heavy (non-hydrogen) atoms. The number of halogens is 1. The summed E-state index contributed by atoms with van der Waals surface area (Å²) in [4.78, 5) is 13.1. The van der Waals surface area contributed by atoms with Crippen LogP contribution in [0.15, 0.2) is 0 Å². The van der Waals surface area contributed by atoms with E-state index in [0.717, 1.165) is 6.54 Å². The molecule has 1 aliphatic heterocycles. The molecule has 0 bridgehead atoms. The molecule has 1 heterocycles. The van der Waals surface area contributed by atoms with E-state index in [0.29, 0.717) is 38.0 Å². The molecule has 1 amide bonds. The Hall–Kier alpha value is -0.320. The fraction of sp³-hybridized carbons (Fsp3) is 0.889. The molecule has 0 aliphatic carbocycles. The van der Waals surface area contributed by atoms with Crippen LogP contribution in [0.2, 0.25) is 0 Å². The Morgan fingerprint density at radius 2 is 2.36 bits per heavy atom. The maximum atomic E-state index is 11.4. The van der Waals surface area contributed by atoms with E-state index in [4.69, 9.17) is 21.4 Å². The van der Waals surface area contributed by atoms with Crippen LogP contribution >= 0.6 is 11.6 Å². The van der Waals surface area contributed by atoms with Gasteiger partial charge in [-0.1, -0.05) is 0 Å². The SMILES string of the molecule is O=C1CC(CCl)CN1CCOCCO. The molecule has 1 fully saturated rings. The molecule has 0 aromatic rings.